The lowest BCUT2D eigenvalue weighted by molar-refractivity contribution is -0.134. The molecule has 0 aliphatic heterocycles. The Morgan fingerprint density at radius 1 is 1.15 bits per heavy atom. The van der Waals surface area contributed by atoms with Crippen molar-refractivity contribution in [3.05, 3.63) is 63.9 Å². The Labute approximate surface area is 157 Å². The fraction of sp³-hybridized carbons (Fsp3) is 0.333. The minimum Gasteiger partial charge on any atom is -0.426 e. The highest BCUT2D eigenvalue weighted by Gasteiger charge is 2.16. The lowest BCUT2D eigenvalue weighted by atomic mass is 9.86. The zero-order valence-electron chi connectivity index (χ0n) is 16.0. The van der Waals surface area contributed by atoms with E-state index in [9.17, 15) is 9.59 Å². The molecular formula is C21H23N3O3. The molecule has 0 fully saturated rings. The number of carbonyl (C=O) groups is 1. The van der Waals surface area contributed by atoms with Gasteiger partial charge in [-0.3, -0.25) is 9.59 Å². The van der Waals surface area contributed by atoms with Crippen molar-refractivity contribution in [1.29, 1.82) is 0 Å². The van der Waals surface area contributed by atoms with E-state index < -0.39 is 5.97 Å². The van der Waals surface area contributed by atoms with Gasteiger partial charge in [-0.05, 0) is 41.7 Å². The van der Waals surface area contributed by atoms with Crippen LogP contribution in [0.3, 0.4) is 0 Å². The Hall–Kier alpha value is -3.02. The van der Waals surface area contributed by atoms with Gasteiger partial charge in [-0.25, -0.2) is 4.68 Å². The van der Waals surface area contributed by atoms with Crippen LogP contribution >= 0.6 is 0 Å². The van der Waals surface area contributed by atoms with Crippen LogP contribution in [0.15, 0.2) is 47.3 Å². The van der Waals surface area contributed by atoms with Crippen LogP contribution in [-0.4, -0.2) is 21.0 Å². The molecule has 1 heterocycles. The van der Waals surface area contributed by atoms with E-state index >= 15 is 0 Å². The standard InChI is InChI=1S/C21H23N3O3/c1-14-13-15(21(2,3)4)9-10-18(14)27-19(25)11-12-24-20(26)16-7-5-6-8-17(16)22-23-24/h5-10,13H,11-12H2,1-4H3. The molecule has 0 N–H and O–H groups in total. The second-order valence-corrected chi connectivity index (χ2v) is 7.59. The topological polar surface area (TPSA) is 74.1 Å². The number of fused-ring (bicyclic) bond motifs is 1. The first-order chi connectivity index (χ1) is 12.8. The van der Waals surface area contributed by atoms with Crippen LogP contribution in [-0.2, 0) is 16.8 Å². The van der Waals surface area contributed by atoms with Gasteiger partial charge in [0.25, 0.3) is 5.56 Å². The Morgan fingerprint density at radius 3 is 2.59 bits per heavy atom. The van der Waals surface area contributed by atoms with E-state index in [4.69, 9.17) is 4.74 Å². The quantitative estimate of drug-likeness (QED) is 0.523. The van der Waals surface area contributed by atoms with Crippen molar-refractivity contribution < 1.29 is 9.53 Å². The van der Waals surface area contributed by atoms with Gasteiger partial charge in [-0.1, -0.05) is 50.3 Å². The number of hydrogen-bond acceptors (Lipinski definition) is 5. The second kappa shape index (κ2) is 7.31. The third kappa shape index (κ3) is 4.22. The van der Waals surface area contributed by atoms with Crippen molar-refractivity contribution in [2.75, 3.05) is 0 Å². The molecule has 0 amide bonds. The number of rotatable bonds is 4. The molecule has 0 bridgehead atoms. The van der Waals surface area contributed by atoms with Crippen molar-refractivity contribution in [3.63, 3.8) is 0 Å². The van der Waals surface area contributed by atoms with Gasteiger partial charge in [0, 0.05) is 0 Å². The largest absolute Gasteiger partial charge is 0.426 e. The molecule has 6 heteroatoms. The van der Waals surface area contributed by atoms with Crippen LogP contribution in [0.2, 0.25) is 0 Å². The van der Waals surface area contributed by atoms with E-state index in [0.717, 1.165) is 5.56 Å². The first-order valence-corrected chi connectivity index (χ1v) is 8.90. The minimum atomic E-state index is -0.413. The molecule has 0 atom stereocenters. The van der Waals surface area contributed by atoms with Crippen LogP contribution in [0.5, 0.6) is 5.75 Å². The van der Waals surface area contributed by atoms with Crippen molar-refractivity contribution in [2.24, 2.45) is 0 Å². The van der Waals surface area contributed by atoms with Gasteiger partial charge in [0.05, 0.1) is 18.4 Å². The summed E-state index contributed by atoms with van der Waals surface area (Å²) in [6.45, 7) is 8.44. The van der Waals surface area contributed by atoms with Gasteiger partial charge < -0.3 is 4.74 Å². The molecule has 1 aromatic heterocycles. The first kappa shape index (κ1) is 18.8. The van der Waals surface area contributed by atoms with Gasteiger partial charge in [-0.2, -0.15) is 0 Å². The average molecular weight is 365 g/mol. The Bertz CT molecular complexity index is 1050. The summed E-state index contributed by atoms with van der Waals surface area (Å²) in [5.74, 6) is 0.119. The fourth-order valence-corrected chi connectivity index (χ4v) is 2.77. The Kier molecular flexibility index (Phi) is 5.08. The maximum Gasteiger partial charge on any atom is 0.313 e. The zero-order chi connectivity index (χ0) is 19.6. The van der Waals surface area contributed by atoms with E-state index in [1.54, 1.807) is 24.3 Å². The van der Waals surface area contributed by atoms with Crippen LogP contribution in [0.25, 0.3) is 10.9 Å². The summed E-state index contributed by atoms with van der Waals surface area (Å²) in [6, 6.07) is 12.8. The lowest BCUT2D eigenvalue weighted by Gasteiger charge is -2.20. The van der Waals surface area contributed by atoms with E-state index in [0.29, 0.717) is 16.7 Å². The molecule has 3 rings (SSSR count). The molecule has 0 saturated heterocycles. The smallest absolute Gasteiger partial charge is 0.313 e. The van der Waals surface area contributed by atoms with Gasteiger partial charge in [0.2, 0.25) is 0 Å². The average Bonchev–Trinajstić information content (AvgIpc) is 2.62. The van der Waals surface area contributed by atoms with E-state index in [-0.39, 0.29) is 23.9 Å². The lowest BCUT2D eigenvalue weighted by Crippen LogP contribution is -2.26. The third-order valence-electron chi connectivity index (χ3n) is 4.42. The number of hydrogen-bond donors (Lipinski definition) is 0. The molecule has 2 aromatic carbocycles. The summed E-state index contributed by atoms with van der Waals surface area (Å²) in [5.41, 5.74) is 2.38. The first-order valence-electron chi connectivity index (χ1n) is 8.90. The highest BCUT2D eigenvalue weighted by atomic mass is 16.5. The van der Waals surface area contributed by atoms with Crippen LogP contribution in [0.4, 0.5) is 0 Å². The molecule has 0 saturated carbocycles. The molecule has 0 radical (unpaired) electrons. The summed E-state index contributed by atoms with van der Waals surface area (Å²) in [5, 5.41) is 8.38. The maximum absolute atomic E-state index is 12.4. The summed E-state index contributed by atoms with van der Waals surface area (Å²) in [7, 11) is 0. The number of nitrogens with zero attached hydrogens (tertiary/aromatic N) is 3. The van der Waals surface area contributed by atoms with Crippen LogP contribution in [0, 0.1) is 6.92 Å². The predicted octanol–water partition coefficient (Wildman–Crippen LogP) is 3.39. The van der Waals surface area contributed by atoms with E-state index in [2.05, 4.69) is 31.1 Å². The van der Waals surface area contributed by atoms with Crippen LogP contribution < -0.4 is 10.3 Å². The summed E-state index contributed by atoms with van der Waals surface area (Å²) < 4.78 is 6.65. The van der Waals surface area contributed by atoms with Crippen molar-refractivity contribution in [3.8, 4) is 5.75 Å². The Balaban J connectivity index is 1.69. The minimum absolute atomic E-state index is 0.0310. The monoisotopic (exact) mass is 365 g/mol. The van der Waals surface area contributed by atoms with Crippen molar-refractivity contribution >= 4 is 16.9 Å². The SMILES string of the molecule is Cc1cc(C(C)(C)C)ccc1OC(=O)CCn1nnc2ccccc2c1=O. The number of benzene rings is 2. The molecule has 27 heavy (non-hydrogen) atoms. The predicted molar refractivity (Wildman–Crippen MR) is 104 cm³/mol. The molecule has 3 aromatic rings. The van der Waals surface area contributed by atoms with Gasteiger partial charge in [0.1, 0.15) is 11.3 Å². The highest BCUT2D eigenvalue weighted by molar-refractivity contribution is 5.76. The van der Waals surface area contributed by atoms with Gasteiger partial charge >= 0.3 is 5.97 Å². The fourth-order valence-electron chi connectivity index (χ4n) is 2.77. The van der Waals surface area contributed by atoms with Gasteiger partial charge in [0.15, 0.2) is 0 Å². The highest BCUT2D eigenvalue weighted by Crippen LogP contribution is 2.27. The summed E-state index contributed by atoms with van der Waals surface area (Å²) >= 11 is 0. The Morgan fingerprint density at radius 2 is 1.89 bits per heavy atom. The number of esters is 1. The van der Waals surface area contributed by atoms with E-state index in [1.807, 2.05) is 25.1 Å². The molecule has 0 spiro atoms. The normalized spacial score (nSPS) is 11.6. The number of aryl methyl sites for hydroxylation is 2. The van der Waals surface area contributed by atoms with Gasteiger partial charge in [-0.15, -0.1) is 5.10 Å². The number of ether oxygens (including phenoxy) is 1. The van der Waals surface area contributed by atoms with Crippen molar-refractivity contribution in [1.82, 2.24) is 15.0 Å². The molecule has 6 nitrogen and oxygen atoms in total. The molecule has 140 valence electrons. The van der Waals surface area contributed by atoms with Crippen LogP contribution in [0.1, 0.15) is 38.3 Å². The zero-order valence-corrected chi connectivity index (χ0v) is 16.0. The van der Waals surface area contributed by atoms with E-state index in [1.165, 1.54) is 10.2 Å². The molecule has 0 unspecified atom stereocenters. The maximum atomic E-state index is 12.4. The number of carbonyl (C=O) groups excluding carboxylic acids is 1. The molecule has 0 aliphatic carbocycles. The van der Waals surface area contributed by atoms with Crippen molar-refractivity contribution in [2.45, 2.75) is 46.1 Å². The number of aromatic nitrogens is 3. The molecular weight excluding hydrogens is 342 g/mol. The molecule has 0 aliphatic rings. The summed E-state index contributed by atoms with van der Waals surface area (Å²) in [4.78, 5) is 24.6. The third-order valence-corrected chi connectivity index (χ3v) is 4.42. The second-order valence-electron chi connectivity index (χ2n) is 7.59. The summed E-state index contributed by atoms with van der Waals surface area (Å²) in [6.07, 6.45) is 0.0351.